The molecule has 3 aromatic rings. The van der Waals surface area contributed by atoms with Crippen LogP contribution in [0.25, 0.3) is 21.9 Å². The van der Waals surface area contributed by atoms with E-state index < -0.39 is 0 Å². The molecule has 3 aromatic carbocycles. The number of phenolic OH excluding ortho intramolecular Hbond substituents is 1. The van der Waals surface area contributed by atoms with Gasteiger partial charge < -0.3 is 5.11 Å². The highest BCUT2D eigenvalue weighted by Gasteiger charge is 2.04. The second-order valence-corrected chi connectivity index (χ2v) is 4.59. The zero-order chi connectivity index (χ0) is 12.5. The van der Waals surface area contributed by atoms with Crippen LogP contribution in [0.1, 0.15) is 5.56 Å². The Balaban J connectivity index is 2.27. The Hall–Kier alpha value is -2.28. The second-order valence-electron chi connectivity index (χ2n) is 4.59. The topological polar surface area (TPSA) is 20.2 Å². The highest BCUT2D eigenvalue weighted by molar-refractivity contribution is 5.92. The summed E-state index contributed by atoms with van der Waals surface area (Å²) >= 11 is 0. The molecule has 1 heteroatoms. The molecule has 0 saturated carbocycles. The molecule has 88 valence electrons. The van der Waals surface area contributed by atoms with Gasteiger partial charge in [-0.25, -0.2) is 0 Å². The van der Waals surface area contributed by atoms with Gasteiger partial charge in [-0.3, -0.25) is 0 Å². The van der Waals surface area contributed by atoms with E-state index in [0.29, 0.717) is 5.75 Å². The van der Waals surface area contributed by atoms with E-state index in [4.69, 9.17) is 0 Å². The lowest BCUT2D eigenvalue weighted by molar-refractivity contribution is 0.482. The average molecular weight is 234 g/mol. The molecular formula is C17H14O. The molecule has 0 fully saturated rings. The summed E-state index contributed by atoms with van der Waals surface area (Å²) in [7, 11) is 0. The Morgan fingerprint density at radius 3 is 2.33 bits per heavy atom. The average Bonchev–Trinajstić information content (AvgIpc) is 2.39. The Bertz CT molecular complexity index is 699. The van der Waals surface area contributed by atoms with Crippen molar-refractivity contribution < 1.29 is 5.11 Å². The molecule has 0 atom stereocenters. The predicted molar refractivity (Wildman–Crippen MR) is 75.8 cm³/mol. The van der Waals surface area contributed by atoms with Crippen LogP contribution >= 0.6 is 0 Å². The first-order valence-electron chi connectivity index (χ1n) is 6.03. The summed E-state index contributed by atoms with van der Waals surface area (Å²) in [6.07, 6.45) is 0. The van der Waals surface area contributed by atoms with Crippen LogP contribution in [0.5, 0.6) is 5.75 Å². The zero-order valence-corrected chi connectivity index (χ0v) is 10.2. The summed E-state index contributed by atoms with van der Waals surface area (Å²) in [5.41, 5.74) is 3.37. The molecule has 0 saturated heterocycles. The lowest BCUT2D eigenvalue weighted by Crippen LogP contribution is -1.81. The van der Waals surface area contributed by atoms with E-state index in [-0.39, 0.29) is 0 Å². The third-order valence-corrected chi connectivity index (χ3v) is 3.19. The fourth-order valence-electron chi connectivity index (χ4n) is 2.27. The molecule has 0 aromatic heterocycles. The van der Waals surface area contributed by atoms with Crippen molar-refractivity contribution in [2.45, 2.75) is 6.92 Å². The van der Waals surface area contributed by atoms with E-state index in [9.17, 15) is 5.11 Å². The fraction of sp³-hybridized carbons (Fsp3) is 0.0588. The zero-order valence-electron chi connectivity index (χ0n) is 10.2. The van der Waals surface area contributed by atoms with Crippen molar-refractivity contribution >= 4 is 10.8 Å². The molecule has 0 amide bonds. The first-order chi connectivity index (χ1) is 8.74. The molecule has 3 rings (SSSR count). The number of fused-ring (bicyclic) bond motifs is 1. The molecule has 0 aliphatic carbocycles. The van der Waals surface area contributed by atoms with Gasteiger partial charge in [-0.1, -0.05) is 54.1 Å². The molecule has 0 aliphatic heterocycles. The van der Waals surface area contributed by atoms with Crippen LogP contribution in [0, 0.1) is 6.92 Å². The van der Waals surface area contributed by atoms with Gasteiger partial charge in [0, 0.05) is 5.39 Å². The number of hydrogen-bond acceptors (Lipinski definition) is 1. The molecule has 1 N–H and O–H groups in total. The molecule has 0 aliphatic rings. The largest absolute Gasteiger partial charge is 0.507 e. The second kappa shape index (κ2) is 4.19. The number of phenols is 1. The molecular weight excluding hydrogens is 220 g/mol. The van der Waals surface area contributed by atoms with Gasteiger partial charge in [0.05, 0.1) is 0 Å². The number of aryl methyl sites for hydroxylation is 1. The Labute approximate surface area is 106 Å². The number of aromatic hydroxyl groups is 1. The number of rotatable bonds is 1. The van der Waals surface area contributed by atoms with Crippen molar-refractivity contribution in [2.75, 3.05) is 0 Å². The van der Waals surface area contributed by atoms with Gasteiger partial charge in [-0.2, -0.15) is 0 Å². The summed E-state index contributed by atoms with van der Waals surface area (Å²) in [6.45, 7) is 2.06. The predicted octanol–water partition coefficient (Wildman–Crippen LogP) is 4.52. The molecule has 0 unspecified atom stereocenters. The molecule has 1 nitrogen and oxygen atoms in total. The Kier molecular flexibility index (Phi) is 2.52. The van der Waals surface area contributed by atoms with Crippen molar-refractivity contribution in [3.63, 3.8) is 0 Å². The van der Waals surface area contributed by atoms with Crippen molar-refractivity contribution in [1.82, 2.24) is 0 Å². The minimum Gasteiger partial charge on any atom is -0.507 e. The molecule has 0 radical (unpaired) electrons. The van der Waals surface area contributed by atoms with Gasteiger partial charge in [0.25, 0.3) is 0 Å². The third kappa shape index (κ3) is 1.84. The van der Waals surface area contributed by atoms with E-state index in [1.54, 1.807) is 0 Å². The first-order valence-corrected chi connectivity index (χ1v) is 6.03. The van der Waals surface area contributed by atoms with Crippen LogP contribution in [0.15, 0.2) is 60.7 Å². The van der Waals surface area contributed by atoms with Crippen LogP contribution in [-0.4, -0.2) is 5.11 Å². The van der Waals surface area contributed by atoms with Gasteiger partial charge in [0.1, 0.15) is 5.75 Å². The maximum Gasteiger partial charge on any atom is 0.124 e. The van der Waals surface area contributed by atoms with Gasteiger partial charge in [-0.15, -0.1) is 0 Å². The van der Waals surface area contributed by atoms with Crippen molar-refractivity contribution in [2.24, 2.45) is 0 Å². The van der Waals surface area contributed by atoms with Crippen molar-refractivity contribution in [1.29, 1.82) is 0 Å². The minimum absolute atomic E-state index is 0.339. The maximum absolute atomic E-state index is 10.1. The van der Waals surface area contributed by atoms with E-state index in [2.05, 4.69) is 31.2 Å². The van der Waals surface area contributed by atoms with Crippen molar-refractivity contribution in [3.8, 4) is 16.9 Å². The van der Waals surface area contributed by atoms with E-state index in [1.807, 2.05) is 36.4 Å². The van der Waals surface area contributed by atoms with E-state index >= 15 is 0 Å². The Morgan fingerprint density at radius 1 is 0.778 bits per heavy atom. The van der Waals surface area contributed by atoms with Crippen LogP contribution in [0.4, 0.5) is 0 Å². The lowest BCUT2D eigenvalue weighted by Gasteiger charge is -2.07. The summed E-state index contributed by atoms with van der Waals surface area (Å²) in [4.78, 5) is 0. The van der Waals surface area contributed by atoms with Gasteiger partial charge >= 0.3 is 0 Å². The van der Waals surface area contributed by atoms with E-state index in [1.165, 1.54) is 5.56 Å². The Morgan fingerprint density at radius 2 is 1.56 bits per heavy atom. The van der Waals surface area contributed by atoms with Gasteiger partial charge in [0.15, 0.2) is 0 Å². The maximum atomic E-state index is 10.1. The molecule has 0 spiro atoms. The summed E-state index contributed by atoms with van der Waals surface area (Å²) in [5, 5.41) is 12.1. The van der Waals surface area contributed by atoms with Gasteiger partial charge in [-0.05, 0) is 35.6 Å². The third-order valence-electron chi connectivity index (χ3n) is 3.19. The smallest absolute Gasteiger partial charge is 0.124 e. The first kappa shape index (κ1) is 10.8. The fourth-order valence-corrected chi connectivity index (χ4v) is 2.27. The van der Waals surface area contributed by atoms with Crippen LogP contribution < -0.4 is 0 Å². The lowest BCUT2D eigenvalue weighted by atomic mass is 9.99. The minimum atomic E-state index is 0.339. The van der Waals surface area contributed by atoms with Crippen LogP contribution in [0.2, 0.25) is 0 Å². The quantitative estimate of drug-likeness (QED) is 0.656. The highest BCUT2D eigenvalue weighted by Crippen LogP contribution is 2.32. The highest BCUT2D eigenvalue weighted by atomic mass is 16.3. The van der Waals surface area contributed by atoms with Crippen molar-refractivity contribution in [3.05, 3.63) is 66.2 Å². The number of benzene rings is 3. The SMILES string of the molecule is Cc1ccc2c(O)cc(-c3ccccc3)cc2c1. The monoisotopic (exact) mass is 234 g/mol. The summed E-state index contributed by atoms with van der Waals surface area (Å²) in [5.74, 6) is 0.339. The van der Waals surface area contributed by atoms with Crippen LogP contribution in [0.3, 0.4) is 0 Å². The molecule has 18 heavy (non-hydrogen) atoms. The summed E-state index contributed by atoms with van der Waals surface area (Å²) in [6, 6.07) is 20.1. The normalized spacial score (nSPS) is 10.7. The molecule has 0 heterocycles. The van der Waals surface area contributed by atoms with Crippen LogP contribution in [-0.2, 0) is 0 Å². The van der Waals surface area contributed by atoms with E-state index in [0.717, 1.165) is 21.9 Å². The molecule has 0 bridgehead atoms. The number of hydrogen-bond donors (Lipinski definition) is 1. The summed E-state index contributed by atoms with van der Waals surface area (Å²) < 4.78 is 0. The standard InChI is InChI=1S/C17H14O/c1-12-7-8-16-15(9-12)10-14(11-17(16)18)13-5-3-2-4-6-13/h2-11,18H,1H3. The van der Waals surface area contributed by atoms with Gasteiger partial charge in [0.2, 0.25) is 0 Å².